The van der Waals surface area contributed by atoms with Crippen LogP contribution in [0.25, 0.3) is 86.2 Å². The molecule has 2 heterocycles. The van der Waals surface area contributed by atoms with Crippen LogP contribution in [0.5, 0.6) is 11.5 Å². The Morgan fingerprint density at radius 1 is 0.306 bits per heavy atom. The lowest BCUT2D eigenvalue weighted by Gasteiger charge is -2.40. The van der Waals surface area contributed by atoms with E-state index < -0.39 is 5.41 Å². The van der Waals surface area contributed by atoms with E-state index in [0.717, 1.165) is 50.1 Å². The molecule has 15 rings (SSSR count). The van der Waals surface area contributed by atoms with Crippen molar-refractivity contribution in [1.82, 2.24) is 0 Å². The van der Waals surface area contributed by atoms with Crippen molar-refractivity contribution in [1.29, 1.82) is 0 Å². The molecule has 1 aliphatic heterocycles. The maximum atomic E-state index is 7.22. The molecule has 72 heavy (non-hydrogen) atoms. The summed E-state index contributed by atoms with van der Waals surface area (Å²) < 4.78 is 9.86. The molecule has 0 saturated carbocycles. The van der Waals surface area contributed by atoms with Crippen LogP contribution in [0.1, 0.15) is 22.3 Å². The van der Waals surface area contributed by atoms with Gasteiger partial charge in [-0.05, 0) is 115 Å². The summed E-state index contributed by atoms with van der Waals surface area (Å²) in [6.45, 7) is 0. The quantitative estimate of drug-likeness (QED) is 0.165. The van der Waals surface area contributed by atoms with Crippen molar-refractivity contribution < 1.29 is 4.74 Å². The summed E-state index contributed by atoms with van der Waals surface area (Å²) in [7, 11) is 0. The molecule has 1 aliphatic carbocycles. The Balaban J connectivity index is 0.867. The van der Waals surface area contributed by atoms with Gasteiger partial charge in [0.15, 0.2) is 0 Å². The second-order valence-corrected chi connectivity index (χ2v) is 20.2. The predicted molar refractivity (Wildman–Crippen MR) is 303 cm³/mol. The molecular weight excluding hydrogens is 891 g/mol. The van der Waals surface area contributed by atoms with Crippen molar-refractivity contribution in [3.8, 4) is 56.0 Å². The maximum Gasteiger partial charge on any atom is 0.140 e. The molecule has 0 saturated heterocycles. The molecule has 0 unspecified atom stereocenters. The third-order valence-corrected chi connectivity index (χ3v) is 16.5. The van der Waals surface area contributed by atoms with Gasteiger partial charge in [0.25, 0.3) is 0 Å². The highest BCUT2D eigenvalue weighted by molar-refractivity contribution is 7.25. The van der Waals surface area contributed by atoms with Gasteiger partial charge >= 0.3 is 0 Å². The van der Waals surface area contributed by atoms with Crippen LogP contribution >= 0.6 is 11.3 Å². The van der Waals surface area contributed by atoms with Crippen molar-refractivity contribution in [2.24, 2.45) is 0 Å². The second kappa shape index (κ2) is 16.0. The van der Waals surface area contributed by atoms with Crippen LogP contribution in [0.3, 0.4) is 0 Å². The Labute approximate surface area is 421 Å². The molecular formula is C69H43NOS. The lowest BCUT2D eigenvalue weighted by Crippen LogP contribution is -2.32. The Bertz CT molecular complexity index is 4200. The molecule has 0 atom stereocenters. The molecule has 12 aromatic carbocycles. The smallest absolute Gasteiger partial charge is 0.140 e. The van der Waals surface area contributed by atoms with E-state index in [1.807, 2.05) is 11.3 Å². The van der Waals surface area contributed by atoms with Gasteiger partial charge in [0.05, 0.1) is 5.41 Å². The van der Waals surface area contributed by atoms with Gasteiger partial charge < -0.3 is 9.64 Å². The average molecular weight is 934 g/mol. The average Bonchev–Trinajstić information content (AvgIpc) is 3.97. The minimum Gasteiger partial charge on any atom is -0.455 e. The van der Waals surface area contributed by atoms with Gasteiger partial charge in [-0.25, -0.2) is 0 Å². The SMILES string of the molecule is c1ccc(-c2ccc(N(c3ccc(-c4ccc5c(c4)sc4ccccc45)cc3)c3ccc(-c4cccc5c4-c4ccccc4C54c5ccc6ccccc6c5Oc5c4ccc4ccccc54)cc3)cc2)cc1. The molecule has 0 N–H and O–H groups in total. The number of thiophene rings is 1. The van der Waals surface area contributed by atoms with Gasteiger partial charge in [0.2, 0.25) is 0 Å². The molecule has 0 fully saturated rings. The third-order valence-electron chi connectivity index (χ3n) is 15.3. The number of hydrogen-bond acceptors (Lipinski definition) is 3. The predicted octanol–water partition coefficient (Wildman–Crippen LogP) is 19.3. The Hall–Kier alpha value is -9.02. The lowest BCUT2D eigenvalue weighted by molar-refractivity contribution is 0.447. The second-order valence-electron chi connectivity index (χ2n) is 19.1. The summed E-state index contributed by atoms with van der Waals surface area (Å²) in [4.78, 5) is 2.38. The molecule has 1 aromatic heterocycles. The van der Waals surface area contributed by atoms with E-state index in [2.05, 4.69) is 266 Å². The van der Waals surface area contributed by atoms with Crippen molar-refractivity contribution in [2.75, 3.05) is 4.90 Å². The standard InChI is InChI=1S/C69H43NOS/c1-2-13-44(14-3-1)45-25-34-51(35-26-45)70(52-36-27-46(28-37-52)50-31-40-58-57-19-9-11-24-64(57)72-65(58)43-50)53-38-29-49(30-39-53)54-21-12-23-61-66(54)59-20-8-10-22-60(59)69(61)62-41-32-47-15-4-6-17-55(47)67(62)71-68-56-18-7-5-16-48(56)33-42-63(68)69/h1-43H. The summed E-state index contributed by atoms with van der Waals surface area (Å²) in [6.07, 6.45) is 0. The van der Waals surface area contributed by atoms with E-state index in [-0.39, 0.29) is 0 Å². The van der Waals surface area contributed by atoms with Gasteiger partial charge in [-0.3, -0.25) is 0 Å². The molecule has 1 spiro atoms. The fourth-order valence-corrected chi connectivity index (χ4v) is 13.2. The largest absolute Gasteiger partial charge is 0.455 e. The van der Waals surface area contributed by atoms with E-state index in [1.165, 1.54) is 86.9 Å². The van der Waals surface area contributed by atoms with Crippen molar-refractivity contribution >= 4 is 70.1 Å². The van der Waals surface area contributed by atoms with Gasteiger partial charge in [-0.1, -0.05) is 212 Å². The van der Waals surface area contributed by atoms with Gasteiger partial charge in [0.1, 0.15) is 11.5 Å². The number of hydrogen-bond donors (Lipinski definition) is 0. The van der Waals surface area contributed by atoms with Crippen LogP contribution in [-0.2, 0) is 5.41 Å². The fraction of sp³-hybridized carbons (Fsp3) is 0.0145. The van der Waals surface area contributed by atoms with Crippen molar-refractivity contribution in [3.05, 3.63) is 283 Å². The van der Waals surface area contributed by atoms with Crippen LogP contribution in [0.2, 0.25) is 0 Å². The number of benzene rings is 12. The van der Waals surface area contributed by atoms with E-state index in [4.69, 9.17) is 4.74 Å². The Morgan fingerprint density at radius 3 is 1.46 bits per heavy atom. The van der Waals surface area contributed by atoms with Crippen LogP contribution < -0.4 is 9.64 Å². The molecule has 0 radical (unpaired) electrons. The number of ether oxygens (including phenoxy) is 1. The third kappa shape index (κ3) is 6.08. The highest BCUT2D eigenvalue weighted by Gasteiger charge is 2.52. The van der Waals surface area contributed by atoms with Gasteiger partial charge in [-0.15, -0.1) is 11.3 Å². The molecule has 336 valence electrons. The van der Waals surface area contributed by atoms with Crippen LogP contribution in [0, 0.1) is 0 Å². The van der Waals surface area contributed by atoms with Crippen molar-refractivity contribution in [2.45, 2.75) is 5.41 Å². The lowest BCUT2D eigenvalue weighted by atomic mass is 9.65. The molecule has 0 amide bonds. The Morgan fingerprint density at radius 2 is 0.792 bits per heavy atom. The summed E-state index contributed by atoms with van der Waals surface area (Å²) in [5.74, 6) is 1.85. The van der Waals surface area contributed by atoms with Crippen LogP contribution in [0.15, 0.2) is 261 Å². The molecule has 2 nitrogen and oxygen atoms in total. The normalized spacial score (nSPS) is 12.9. The minimum atomic E-state index is -0.614. The van der Waals surface area contributed by atoms with Crippen molar-refractivity contribution in [3.63, 3.8) is 0 Å². The first-order valence-corrected chi connectivity index (χ1v) is 25.5. The number of rotatable bonds is 6. The summed E-state index contributed by atoms with van der Waals surface area (Å²) in [5, 5.41) is 7.20. The van der Waals surface area contributed by atoms with Gasteiger partial charge in [0, 0.05) is 59.1 Å². The Kier molecular flexibility index (Phi) is 9.08. The molecule has 2 aliphatic rings. The summed E-state index contributed by atoms with van der Waals surface area (Å²) in [6, 6.07) is 95.9. The highest BCUT2D eigenvalue weighted by atomic mass is 32.1. The number of nitrogens with zero attached hydrogens (tertiary/aromatic N) is 1. The molecule has 3 heteroatoms. The minimum absolute atomic E-state index is 0.614. The van der Waals surface area contributed by atoms with Crippen LogP contribution in [0.4, 0.5) is 17.1 Å². The highest BCUT2D eigenvalue weighted by Crippen LogP contribution is 2.65. The van der Waals surface area contributed by atoms with E-state index in [9.17, 15) is 0 Å². The summed E-state index contributed by atoms with van der Waals surface area (Å²) in [5.41, 5.74) is 17.2. The summed E-state index contributed by atoms with van der Waals surface area (Å²) >= 11 is 1.86. The van der Waals surface area contributed by atoms with E-state index >= 15 is 0 Å². The van der Waals surface area contributed by atoms with E-state index in [0.29, 0.717) is 0 Å². The first-order valence-electron chi connectivity index (χ1n) is 24.7. The maximum absolute atomic E-state index is 7.22. The first kappa shape index (κ1) is 40.8. The number of fused-ring (bicyclic) bond motifs is 16. The zero-order valence-corrected chi connectivity index (χ0v) is 39.9. The number of anilines is 3. The molecule has 13 aromatic rings. The monoisotopic (exact) mass is 933 g/mol. The molecule has 0 bridgehead atoms. The first-order chi connectivity index (χ1) is 35.7. The van der Waals surface area contributed by atoms with Crippen LogP contribution in [-0.4, -0.2) is 0 Å². The van der Waals surface area contributed by atoms with Gasteiger partial charge in [-0.2, -0.15) is 0 Å². The fourth-order valence-electron chi connectivity index (χ4n) is 12.1. The zero-order chi connectivity index (χ0) is 47.3. The van der Waals surface area contributed by atoms with E-state index in [1.54, 1.807) is 0 Å². The zero-order valence-electron chi connectivity index (χ0n) is 39.1. The topological polar surface area (TPSA) is 12.5 Å².